The van der Waals surface area contributed by atoms with Gasteiger partial charge in [-0.15, -0.1) is 11.6 Å². The van der Waals surface area contributed by atoms with Crippen molar-refractivity contribution in [1.82, 2.24) is 0 Å². The van der Waals surface area contributed by atoms with Crippen LogP contribution in [0, 0.1) is 0 Å². The molecule has 2 heteroatoms. The summed E-state index contributed by atoms with van der Waals surface area (Å²) in [6, 6.07) is 1.16. The van der Waals surface area contributed by atoms with E-state index in [1.54, 1.807) is 0 Å². The molecule has 0 aromatic rings. The highest BCUT2D eigenvalue weighted by atomic mass is 35.5. The molecular weight excluding hydrogens is 196 g/mol. The number of hydrogen-bond donors (Lipinski definition) is 0. The second-order valence-corrected chi connectivity index (χ2v) is 4.50. The van der Waals surface area contributed by atoms with E-state index in [0.29, 0.717) is 0 Å². The van der Waals surface area contributed by atoms with Crippen molar-refractivity contribution in [2.45, 2.75) is 63.8 Å². The van der Waals surface area contributed by atoms with Gasteiger partial charge in [-0.3, -0.25) is 0 Å². The molecule has 0 aliphatic carbocycles. The highest BCUT2D eigenvalue weighted by Gasteiger charge is 1.91. The van der Waals surface area contributed by atoms with Crippen molar-refractivity contribution in [3.05, 3.63) is 0 Å². The van der Waals surface area contributed by atoms with Crippen LogP contribution in [0.1, 0.15) is 57.8 Å². The van der Waals surface area contributed by atoms with Gasteiger partial charge in [0.05, 0.1) is 0 Å². The number of halogens is 1. The van der Waals surface area contributed by atoms with Gasteiger partial charge in [-0.1, -0.05) is 57.4 Å². The standard InChI is InChI=1S/C11H22ClSi/c12-10-8-6-4-2-1-3-5-7-9-11-13/h1-11H2. The van der Waals surface area contributed by atoms with Gasteiger partial charge >= 0.3 is 0 Å². The molecular formula is C11H22ClSi. The molecule has 0 rings (SSSR count). The normalized spacial score (nSPS) is 10.6. The van der Waals surface area contributed by atoms with E-state index >= 15 is 0 Å². The molecule has 0 heterocycles. The predicted octanol–water partition coefficient (Wildman–Crippen LogP) is 4.32. The molecule has 0 fully saturated rings. The first kappa shape index (κ1) is 13.5. The van der Waals surface area contributed by atoms with Crippen LogP contribution in [0.4, 0.5) is 0 Å². The largest absolute Gasteiger partial charge is 0.127 e. The highest BCUT2D eigenvalue weighted by molar-refractivity contribution is 6.17. The summed E-state index contributed by atoms with van der Waals surface area (Å²) in [6.45, 7) is 0. The number of rotatable bonds is 10. The Bertz CT molecular complexity index is 76.2. The molecule has 0 saturated heterocycles. The summed E-state index contributed by atoms with van der Waals surface area (Å²) in [5, 5.41) is 0. The third-order valence-corrected chi connectivity index (χ3v) is 2.93. The van der Waals surface area contributed by atoms with Gasteiger partial charge in [0, 0.05) is 16.1 Å². The topological polar surface area (TPSA) is 0 Å². The Morgan fingerprint density at radius 2 is 1.00 bits per heavy atom. The van der Waals surface area contributed by atoms with Gasteiger partial charge in [0.25, 0.3) is 0 Å². The van der Waals surface area contributed by atoms with Crippen molar-refractivity contribution in [2.24, 2.45) is 0 Å². The van der Waals surface area contributed by atoms with E-state index in [1.165, 1.54) is 57.8 Å². The Balaban J connectivity index is 2.76. The van der Waals surface area contributed by atoms with Crippen LogP contribution in [0.15, 0.2) is 0 Å². The SMILES string of the molecule is [Si]CCCCCCCCCCCCl. The van der Waals surface area contributed by atoms with E-state index in [9.17, 15) is 0 Å². The maximum atomic E-state index is 5.59. The van der Waals surface area contributed by atoms with E-state index in [-0.39, 0.29) is 0 Å². The first-order valence-electron chi connectivity index (χ1n) is 5.62. The molecule has 0 spiro atoms. The molecule has 13 heavy (non-hydrogen) atoms. The fraction of sp³-hybridized carbons (Fsp3) is 1.00. The maximum Gasteiger partial charge on any atom is 0.0223 e. The quantitative estimate of drug-likeness (QED) is 0.291. The first-order valence-corrected chi connectivity index (χ1v) is 6.86. The average molecular weight is 218 g/mol. The van der Waals surface area contributed by atoms with E-state index in [2.05, 4.69) is 10.2 Å². The predicted molar refractivity (Wildman–Crippen MR) is 62.8 cm³/mol. The van der Waals surface area contributed by atoms with Crippen molar-refractivity contribution >= 4 is 21.8 Å². The van der Waals surface area contributed by atoms with Gasteiger partial charge in [0.1, 0.15) is 0 Å². The van der Waals surface area contributed by atoms with Crippen molar-refractivity contribution in [2.75, 3.05) is 5.88 Å². The van der Waals surface area contributed by atoms with Crippen molar-refractivity contribution in [3.8, 4) is 0 Å². The van der Waals surface area contributed by atoms with Crippen molar-refractivity contribution in [1.29, 1.82) is 0 Å². The molecule has 0 aromatic carbocycles. The molecule has 0 atom stereocenters. The second-order valence-electron chi connectivity index (χ2n) is 3.62. The molecule has 3 radical (unpaired) electrons. The molecule has 0 nitrogen and oxygen atoms in total. The van der Waals surface area contributed by atoms with Crippen molar-refractivity contribution < 1.29 is 0 Å². The highest BCUT2D eigenvalue weighted by Crippen LogP contribution is 2.10. The lowest BCUT2D eigenvalue weighted by Gasteiger charge is -2.00. The molecule has 0 amide bonds. The van der Waals surface area contributed by atoms with Crippen LogP contribution < -0.4 is 0 Å². The van der Waals surface area contributed by atoms with Gasteiger partial charge in [0.2, 0.25) is 0 Å². The summed E-state index contributed by atoms with van der Waals surface area (Å²) >= 11 is 5.59. The zero-order valence-corrected chi connectivity index (χ0v) is 10.4. The smallest absolute Gasteiger partial charge is 0.0223 e. The molecule has 0 aliphatic rings. The van der Waals surface area contributed by atoms with Crippen LogP contribution in [-0.2, 0) is 0 Å². The fourth-order valence-corrected chi connectivity index (χ4v) is 1.90. The monoisotopic (exact) mass is 217 g/mol. The molecule has 0 saturated carbocycles. The third kappa shape index (κ3) is 12.5. The third-order valence-electron chi connectivity index (χ3n) is 2.31. The number of alkyl halides is 1. The fourth-order valence-electron chi connectivity index (χ4n) is 1.46. The summed E-state index contributed by atoms with van der Waals surface area (Å²) in [5.74, 6) is 0.838. The van der Waals surface area contributed by atoms with Gasteiger partial charge in [-0.2, -0.15) is 0 Å². The minimum atomic E-state index is 0.838. The summed E-state index contributed by atoms with van der Waals surface area (Å²) in [6.07, 6.45) is 12.3. The summed E-state index contributed by atoms with van der Waals surface area (Å²) < 4.78 is 0. The van der Waals surface area contributed by atoms with Crippen LogP contribution >= 0.6 is 11.6 Å². The summed E-state index contributed by atoms with van der Waals surface area (Å²) in [4.78, 5) is 0. The molecule has 0 unspecified atom stereocenters. The lowest BCUT2D eigenvalue weighted by molar-refractivity contribution is 0.573. The lowest BCUT2D eigenvalue weighted by Crippen LogP contribution is -1.82. The Morgan fingerprint density at radius 1 is 0.615 bits per heavy atom. The molecule has 0 bridgehead atoms. The maximum absolute atomic E-state index is 5.59. The zero-order valence-electron chi connectivity index (χ0n) is 8.66. The summed E-state index contributed by atoms with van der Waals surface area (Å²) in [5.41, 5.74) is 0. The van der Waals surface area contributed by atoms with Gasteiger partial charge in [0.15, 0.2) is 0 Å². The minimum absolute atomic E-state index is 0.838. The van der Waals surface area contributed by atoms with E-state index < -0.39 is 0 Å². The van der Waals surface area contributed by atoms with Gasteiger partial charge in [-0.25, -0.2) is 0 Å². The van der Waals surface area contributed by atoms with E-state index in [1.807, 2.05) is 0 Å². The Kier molecular flexibility index (Phi) is 13.0. The molecule has 77 valence electrons. The van der Waals surface area contributed by atoms with Crippen LogP contribution in [0.2, 0.25) is 6.04 Å². The van der Waals surface area contributed by atoms with Crippen LogP contribution in [0.25, 0.3) is 0 Å². The molecule has 0 aromatic heterocycles. The Morgan fingerprint density at radius 3 is 1.38 bits per heavy atom. The lowest BCUT2D eigenvalue weighted by atomic mass is 10.1. The van der Waals surface area contributed by atoms with Crippen LogP contribution in [-0.4, -0.2) is 16.1 Å². The van der Waals surface area contributed by atoms with Crippen LogP contribution in [0.5, 0.6) is 0 Å². The number of hydrogen-bond acceptors (Lipinski definition) is 0. The van der Waals surface area contributed by atoms with E-state index in [4.69, 9.17) is 11.6 Å². The first-order chi connectivity index (χ1) is 6.41. The van der Waals surface area contributed by atoms with Gasteiger partial charge < -0.3 is 0 Å². The zero-order chi connectivity index (χ0) is 9.78. The van der Waals surface area contributed by atoms with E-state index in [0.717, 1.165) is 11.9 Å². The molecule has 0 N–H and O–H groups in total. The van der Waals surface area contributed by atoms with Crippen LogP contribution in [0.3, 0.4) is 0 Å². The van der Waals surface area contributed by atoms with Crippen molar-refractivity contribution in [3.63, 3.8) is 0 Å². The Hall–Kier alpha value is 0.507. The Labute approximate surface area is 91.9 Å². The second kappa shape index (κ2) is 12.5. The number of unbranched alkanes of at least 4 members (excludes halogenated alkanes) is 8. The minimum Gasteiger partial charge on any atom is -0.127 e. The summed E-state index contributed by atoms with van der Waals surface area (Å²) in [7, 11) is 3.49. The molecule has 0 aliphatic heterocycles. The van der Waals surface area contributed by atoms with Gasteiger partial charge in [-0.05, 0) is 6.42 Å². The average Bonchev–Trinajstić information content (AvgIpc) is 2.16.